The molecule has 1 rings (SSSR count). The minimum atomic E-state index is 0.216. The fraction of sp³-hybridized carbons (Fsp3) is 0.909. The molecule has 0 bridgehead atoms. The standard InChI is InChI=1S/C11H22N2O/c1-4-5-10(2)12-6-8-13(9-7-12)11(3)14/h10H,4-9H2,1-3H3. The summed E-state index contributed by atoms with van der Waals surface area (Å²) in [6.45, 7) is 10.1. The second-order valence-electron chi connectivity index (χ2n) is 4.18. The molecule has 0 saturated carbocycles. The van der Waals surface area contributed by atoms with Crippen molar-refractivity contribution in [1.29, 1.82) is 0 Å². The molecule has 3 nitrogen and oxygen atoms in total. The van der Waals surface area contributed by atoms with Crippen LogP contribution in [0.1, 0.15) is 33.6 Å². The van der Waals surface area contributed by atoms with Gasteiger partial charge in [-0.05, 0) is 13.3 Å². The van der Waals surface area contributed by atoms with E-state index in [0.29, 0.717) is 6.04 Å². The second kappa shape index (κ2) is 5.35. The summed E-state index contributed by atoms with van der Waals surface area (Å²) < 4.78 is 0. The highest BCUT2D eigenvalue weighted by Crippen LogP contribution is 2.10. The highest BCUT2D eigenvalue weighted by Gasteiger charge is 2.21. The normalized spacial score (nSPS) is 20.9. The van der Waals surface area contributed by atoms with Crippen LogP contribution in [0.2, 0.25) is 0 Å². The number of piperazine rings is 1. The minimum absolute atomic E-state index is 0.216. The molecule has 14 heavy (non-hydrogen) atoms. The quantitative estimate of drug-likeness (QED) is 0.683. The summed E-state index contributed by atoms with van der Waals surface area (Å²) in [5.41, 5.74) is 0. The van der Waals surface area contributed by atoms with Crippen molar-refractivity contribution in [3.05, 3.63) is 0 Å². The summed E-state index contributed by atoms with van der Waals surface area (Å²) in [5, 5.41) is 0. The average molecular weight is 198 g/mol. The van der Waals surface area contributed by atoms with Gasteiger partial charge in [-0.1, -0.05) is 13.3 Å². The number of nitrogens with zero attached hydrogens (tertiary/aromatic N) is 2. The molecule has 1 aliphatic heterocycles. The lowest BCUT2D eigenvalue weighted by Crippen LogP contribution is -2.50. The van der Waals surface area contributed by atoms with Crippen LogP contribution >= 0.6 is 0 Å². The molecule has 0 N–H and O–H groups in total. The molecular weight excluding hydrogens is 176 g/mol. The van der Waals surface area contributed by atoms with Crippen LogP contribution in [0.4, 0.5) is 0 Å². The first-order chi connectivity index (χ1) is 6.65. The van der Waals surface area contributed by atoms with E-state index in [4.69, 9.17) is 0 Å². The van der Waals surface area contributed by atoms with Gasteiger partial charge in [0, 0.05) is 39.1 Å². The van der Waals surface area contributed by atoms with Gasteiger partial charge in [0.15, 0.2) is 0 Å². The molecule has 0 aromatic rings. The summed E-state index contributed by atoms with van der Waals surface area (Å²) in [6, 6.07) is 0.675. The number of carbonyl (C=O) groups is 1. The first kappa shape index (κ1) is 11.5. The summed E-state index contributed by atoms with van der Waals surface area (Å²) in [6.07, 6.45) is 2.51. The lowest BCUT2D eigenvalue weighted by Gasteiger charge is -2.37. The molecule has 1 unspecified atom stereocenters. The Labute approximate surface area is 87.1 Å². The summed E-state index contributed by atoms with van der Waals surface area (Å²) >= 11 is 0. The van der Waals surface area contributed by atoms with Gasteiger partial charge < -0.3 is 4.90 Å². The van der Waals surface area contributed by atoms with E-state index in [0.717, 1.165) is 26.2 Å². The molecule has 82 valence electrons. The van der Waals surface area contributed by atoms with E-state index in [9.17, 15) is 4.79 Å². The predicted molar refractivity (Wildman–Crippen MR) is 58.2 cm³/mol. The second-order valence-corrected chi connectivity index (χ2v) is 4.18. The highest BCUT2D eigenvalue weighted by molar-refractivity contribution is 5.73. The maximum absolute atomic E-state index is 11.1. The lowest BCUT2D eigenvalue weighted by molar-refractivity contribution is -0.130. The van der Waals surface area contributed by atoms with Crippen molar-refractivity contribution in [3.63, 3.8) is 0 Å². The third-order valence-corrected chi connectivity index (χ3v) is 3.09. The molecule has 1 atom stereocenters. The number of amides is 1. The molecule has 1 aliphatic rings. The van der Waals surface area contributed by atoms with Gasteiger partial charge in [0.1, 0.15) is 0 Å². The Morgan fingerprint density at radius 2 is 1.86 bits per heavy atom. The van der Waals surface area contributed by atoms with Crippen LogP contribution in [0.15, 0.2) is 0 Å². The van der Waals surface area contributed by atoms with Gasteiger partial charge in [0.05, 0.1) is 0 Å². The van der Waals surface area contributed by atoms with Gasteiger partial charge in [0.25, 0.3) is 0 Å². The fourth-order valence-corrected chi connectivity index (χ4v) is 2.08. The Bertz CT molecular complexity index is 186. The van der Waals surface area contributed by atoms with Crippen molar-refractivity contribution in [2.75, 3.05) is 26.2 Å². The Morgan fingerprint density at radius 1 is 1.29 bits per heavy atom. The molecule has 0 aromatic heterocycles. The van der Waals surface area contributed by atoms with E-state index in [2.05, 4.69) is 18.7 Å². The molecule has 1 amide bonds. The SMILES string of the molecule is CCCC(C)N1CCN(C(C)=O)CC1. The molecule has 1 fully saturated rings. The van der Waals surface area contributed by atoms with Gasteiger partial charge >= 0.3 is 0 Å². The van der Waals surface area contributed by atoms with Crippen LogP contribution in [-0.2, 0) is 4.79 Å². The molecule has 1 saturated heterocycles. The molecule has 3 heteroatoms. The van der Waals surface area contributed by atoms with Gasteiger partial charge in [-0.3, -0.25) is 9.69 Å². The minimum Gasteiger partial charge on any atom is -0.340 e. The van der Waals surface area contributed by atoms with Crippen LogP contribution in [-0.4, -0.2) is 47.9 Å². The monoisotopic (exact) mass is 198 g/mol. The molecule has 0 aromatic carbocycles. The molecule has 0 radical (unpaired) electrons. The van der Waals surface area contributed by atoms with Gasteiger partial charge in [0.2, 0.25) is 5.91 Å². The highest BCUT2D eigenvalue weighted by atomic mass is 16.2. The van der Waals surface area contributed by atoms with Crippen LogP contribution in [0, 0.1) is 0 Å². The lowest BCUT2D eigenvalue weighted by atomic mass is 10.1. The topological polar surface area (TPSA) is 23.6 Å². The average Bonchev–Trinajstić information content (AvgIpc) is 2.18. The molecular formula is C11H22N2O. The van der Waals surface area contributed by atoms with Crippen molar-refractivity contribution >= 4 is 5.91 Å². The fourth-order valence-electron chi connectivity index (χ4n) is 2.08. The van der Waals surface area contributed by atoms with Crippen molar-refractivity contribution in [1.82, 2.24) is 9.80 Å². The van der Waals surface area contributed by atoms with Crippen LogP contribution in [0.3, 0.4) is 0 Å². The van der Waals surface area contributed by atoms with Gasteiger partial charge in [-0.15, -0.1) is 0 Å². The first-order valence-corrected chi connectivity index (χ1v) is 5.64. The van der Waals surface area contributed by atoms with E-state index in [1.807, 2.05) is 4.90 Å². The number of hydrogen-bond acceptors (Lipinski definition) is 2. The van der Waals surface area contributed by atoms with E-state index in [-0.39, 0.29) is 5.91 Å². The van der Waals surface area contributed by atoms with Crippen molar-refractivity contribution in [2.24, 2.45) is 0 Å². The molecule has 1 heterocycles. The zero-order chi connectivity index (χ0) is 10.6. The zero-order valence-corrected chi connectivity index (χ0v) is 9.62. The van der Waals surface area contributed by atoms with Crippen LogP contribution in [0.5, 0.6) is 0 Å². The largest absolute Gasteiger partial charge is 0.340 e. The van der Waals surface area contributed by atoms with E-state index >= 15 is 0 Å². The number of hydrogen-bond donors (Lipinski definition) is 0. The van der Waals surface area contributed by atoms with E-state index < -0.39 is 0 Å². The Balaban J connectivity index is 2.31. The van der Waals surface area contributed by atoms with Crippen molar-refractivity contribution in [3.8, 4) is 0 Å². The van der Waals surface area contributed by atoms with E-state index in [1.54, 1.807) is 6.92 Å². The third-order valence-electron chi connectivity index (χ3n) is 3.09. The first-order valence-electron chi connectivity index (χ1n) is 5.64. The smallest absolute Gasteiger partial charge is 0.219 e. The van der Waals surface area contributed by atoms with Gasteiger partial charge in [-0.25, -0.2) is 0 Å². The predicted octanol–water partition coefficient (Wildman–Crippen LogP) is 1.34. The van der Waals surface area contributed by atoms with Gasteiger partial charge in [-0.2, -0.15) is 0 Å². The van der Waals surface area contributed by atoms with Crippen molar-refractivity contribution < 1.29 is 4.79 Å². The Morgan fingerprint density at radius 3 is 2.29 bits per heavy atom. The summed E-state index contributed by atoms with van der Waals surface area (Å²) in [5.74, 6) is 0.216. The Kier molecular flexibility index (Phi) is 4.39. The van der Waals surface area contributed by atoms with Crippen LogP contribution < -0.4 is 0 Å². The molecule has 0 aliphatic carbocycles. The zero-order valence-electron chi connectivity index (χ0n) is 9.62. The maximum Gasteiger partial charge on any atom is 0.219 e. The number of carbonyl (C=O) groups excluding carboxylic acids is 1. The Hall–Kier alpha value is -0.570. The maximum atomic E-state index is 11.1. The van der Waals surface area contributed by atoms with Crippen molar-refractivity contribution in [2.45, 2.75) is 39.7 Å². The van der Waals surface area contributed by atoms with Crippen LogP contribution in [0.25, 0.3) is 0 Å². The summed E-state index contributed by atoms with van der Waals surface area (Å²) in [7, 11) is 0. The third kappa shape index (κ3) is 2.98. The van der Waals surface area contributed by atoms with E-state index in [1.165, 1.54) is 12.8 Å². The molecule has 0 spiro atoms. The summed E-state index contributed by atoms with van der Waals surface area (Å²) in [4.78, 5) is 15.5. The number of rotatable bonds is 3.